The number of ether oxygens (including phenoxy) is 7. The maximum absolute atomic E-state index is 13.9. The summed E-state index contributed by atoms with van der Waals surface area (Å²) >= 11 is 6.38. The Hall–Kier alpha value is -3.39. The van der Waals surface area contributed by atoms with Crippen LogP contribution in [0.25, 0.3) is 0 Å². The van der Waals surface area contributed by atoms with E-state index in [-0.39, 0.29) is 54.6 Å². The molecule has 0 aromatic heterocycles. The third kappa shape index (κ3) is 20.6. The highest BCUT2D eigenvalue weighted by atomic mass is 35.5. The summed E-state index contributed by atoms with van der Waals surface area (Å²) in [4.78, 5) is 59.1. The third-order valence-corrected chi connectivity index (χ3v) is 14.9. The smallest absolute Gasteiger partial charge is 0.347 e. The molecule has 1 saturated heterocycles. The van der Waals surface area contributed by atoms with Gasteiger partial charge in [-0.2, -0.15) is 0 Å². The molecule has 1 fully saturated rings. The van der Waals surface area contributed by atoms with Gasteiger partial charge in [0.1, 0.15) is 24.0 Å². The van der Waals surface area contributed by atoms with Crippen molar-refractivity contribution in [2.75, 3.05) is 93.3 Å². The van der Waals surface area contributed by atoms with Crippen LogP contribution in [0.2, 0.25) is 5.02 Å². The number of hydrogen-bond donors (Lipinski definition) is 2. The minimum absolute atomic E-state index is 0.00533. The topological polar surface area (TPSA) is 167 Å². The Morgan fingerprint density at radius 1 is 0.886 bits per heavy atom. The summed E-state index contributed by atoms with van der Waals surface area (Å²) in [5.74, 6) is -2.20. The van der Waals surface area contributed by atoms with Crippen LogP contribution in [-0.4, -0.2) is 156 Å². The van der Waals surface area contributed by atoms with Gasteiger partial charge in [0.15, 0.2) is 6.10 Å². The first-order chi connectivity index (χ1) is 33.2. The van der Waals surface area contributed by atoms with Gasteiger partial charge in [-0.05, 0) is 95.3 Å². The van der Waals surface area contributed by atoms with Crippen LogP contribution in [0.5, 0.6) is 5.75 Å². The number of methoxy groups -OCH3 is 1. The second-order valence-corrected chi connectivity index (χ2v) is 23.4. The van der Waals surface area contributed by atoms with Crippen molar-refractivity contribution in [3.8, 4) is 5.75 Å². The van der Waals surface area contributed by atoms with E-state index >= 15 is 0 Å². The number of hydrogen-bond acceptors (Lipinski definition) is 15. The molecule has 18 heteroatoms. The molecular weight excluding hydrogens is 956 g/mol. The largest absolute Gasteiger partial charge is 0.495 e. The first-order valence-electron chi connectivity index (χ1n) is 24.3. The number of esters is 2. The monoisotopic (exact) mass is 1030 g/mol. The van der Waals surface area contributed by atoms with Crippen molar-refractivity contribution in [1.29, 1.82) is 0 Å². The Bertz CT molecular complexity index is 1990. The number of amides is 2. The molecule has 2 heterocycles. The number of nitrogens with zero attached hydrogens (tertiary/aromatic N) is 2. The standard InChI is InChI=1S/C52H79ClN4O11S2/c1-35(2)29-44-49(60)66-42(13-12-14-45(58)55-41(31-38-17-20-43(62-10)40(53)30-38)48(59)54-33-51(4,5)50(61)67-44)36(3)46-47(68-46)39-18-15-37(16-19-39)32-56(8)21-23-63-25-27-65-28-26-64-24-22-57(9)34-52(6,7)70-69-11/h12,14-20,30,35-36,41-42,44,46-47H,13,21-29,31-34H2,1-11H3,(H,54,59)(H,55,58)/t36-,41+,42-,44-,46+,47+/m0/s1. The predicted molar refractivity (Wildman–Crippen MR) is 278 cm³/mol. The zero-order valence-corrected chi connectivity index (χ0v) is 45.6. The predicted octanol–water partition coefficient (Wildman–Crippen LogP) is 7.33. The Morgan fingerprint density at radius 2 is 1.51 bits per heavy atom. The highest BCUT2D eigenvalue weighted by Gasteiger charge is 2.48. The molecule has 0 aliphatic carbocycles. The Kier molecular flexibility index (Phi) is 24.8. The zero-order valence-electron chi connectivity index (χ0n) is 43.2. The van der Waals surface area contributed by atoms with Crippen molar-refractivity contribution in [3.63, 3.8) is 0 Å². The van der Waals surface area contributed by atoms with Crippen LogP contribution < -0.4 is 15.4 Å². The SMILES string of the molecule is COc1ccc(C[C@H]2NC(=O)C=CC[C@@H]([C@H](C)[C@H]3O[C@@H]3c3ccc(CN(C)CCOCCOCCOCCN(C)CC(C)(C)SSC)cc3)OC(=O)[C@H](CC(C)C)OC(=O)C(C)(C)CNC2=O)cc1Cl. The average molecular weight is 1040 g/mol. The summed E-state index contributed by atoms with van der Waals surface area (Å²) < 4.78 is 41.0. The van der Waals surface area contributed by atoms with Gasteiger partial charge < -0.3 is 48.7 Å². The molecule has 2 aromatic carbocycles. The number of epoxide rings is 1. The minimum Gasteiger partial charge on any atom is -0.495 e. The Morgan fingerprint density at radius 3 is 2.13 bits per heavy atom. The molecule has 6 atom stereocenters. The summed E-state index contributed by atoms with van der Waals surface area (Å²) in [6, 6.07) is 12.4. The van der Waals surface area contributed by atoms with Gasteiger partial charge in [0.25, 0.3) is 0 Å². The van der Waals surface area contributed by atoms with Crippen LogP contribution in [0.3, 0.4) is 0 Å². The molecule has 4 rings (SSSR count). The second-order valence-electron chi connectivity index (χ2n) is 19.9. The number of carbonyl (C=O) groups is 4. The van der Waals surface area contributed by atoms with Gasteiger partial charge >= 0.3 is 11.9 Å². The highest BCUT2D eigenvalue weighted by molar-refractivity contribution is 8.77. The number of cyclic esters (lactones) is 2. The number of likely N-dealkylation sites (N-methyl/N-ethyl adjacent to an activating group) is 2. The van der Waals surface area contributed by atoms with E-state index in [1.165, 1.54) is 13.2 Å². The molecule has 2 amide bonds. The molecule has 2 N–H and O–H groups in total. The molecule has 2 aliphatic heterocycles. The van der Waals surface area contributed by atoms with E-state index in [1.54, 1.807) is 48.9 Å². The van der Waals surface area contributed by atoms with Crippen LogP contribution in [0.4, 0.5) is 0 Å². The minimum atomic E-state index is -1.23. The molecule has 15 nitrogen and oxygen atoms in total. The quantitative estimate of drug-likeness (QED) is 0.0416. The van der Waals surface area contributed by atoms with Crippen LogP contribution >= 0.6 is 33.2 Å². The average Bonchev–Trinajstić information content (AvgIpc) is 4.10. The van der Waals surface area contributed by atoms with Gasteiger partial charge in [-0.15, -0.1) is 0 Å². The second kappa shape index (κ2) is 29.3. The Labute approximate surface area is 429 Å². The van der Waals surface area contributed by atoms with Gasteiger partial charge in [-0.25, -0.2) is 4.79 Å². The van der Waals surface area contributed by atoms with Crippen molar-refractivity contribution >= 4 is 56.9 Å². The lowest BCUT2D eigenvalue weighted by Crippen LogP contribution is -2.51. The molecule has 0 unspecified atom stereocenters. The molecule has 0 radical (unpaired) electrons. The number of carbonyl (C=O) groups excluding carboxylic acids is 4. The van der Waals surface area contributed by atoms with Gasteiger partial charge in [-0.1, -0.05) is 90.4 Å². The summed E-state index contributed by atoms with van der Waals surface area (Å²) in [5.41, 5.74) is 1.61. The van der Waals surface area contributed by atoms with Crippen LogP contribution in [0, 0.1) is 17.3 Å². The maximum Gasteiger partial charge on any atom is 0.347 e. The van der Waals surface area contributed by atoms with E-state index in [2.05, 4.69) is 78.9 Å². The number of nitrogens with one attached hydrogen (secondary N) is 2. The molecule has 0 saturated carbocycles. The fourth-order valence-corrected chi connectivity index (χ4v) is 10.5. The van der Waals surface area contributed by atoms with Crippen molar-refractivity contribution < 1.29 is 52.3 Å². The third-order valence-electron chi connectivity index (χ3n) is 12.0. The van der Waals surface area contributed by atoms with Gasteiger partial charge in [0, 0.05) is 56.2 Å². The van der Waals surface area contributed by atoms with E-state index in [1.807, 2.05) is 31.6 Å². The van der Waals surface area contributed by atoms with Crippen molar-refractivity contribution in [3.05, 3.63) is 76.3 Å². The molecular formula is C52H79ClN4O11S2. The van der Waals surface area contributed by atoms with Crippen molar-refractivity contribution in [2.24, 2.45) is 17.3 Å². The summed E-state index contributed by atoms with van der Waals surface area (Å²) in [6.45, 7) is 20.3. The van der Waals surface area contributed by atoms with E-state index in [0.717, 1.165) is 37.3 Å². The van der Waals surface area contributed by atoms with Gasteiger partial charge in [0.2, 0.25) is 11.8 Å². The summed E-state index contributed by atoms with van der Waals surface area (Å²) in [6.07, 6.45) is 3.18. The maximum atomic E-state index is 13.9. The highest BCUT2D eigenvalue weighted by Crippen LogP contribution is 2.45. The molecule has 70 heavy (non-hydrogen) atoms. The normalized spacial score (nSPS) is 21.9. The van der Waals surface area contributed by atoms with E-state index in [9.17, 15) is 19.2 Å². The molecule has 0 bridgehead atoms. The van der Waals surface area contributed by atoms with Crippen LogP contribution in [0.1, 0.15) is 84.1 Å². The molecule has 392 valence electrons. The van der Waals surface area contributed by atoms with Gasteiger partial charge in [0.05, 0.1) is 63.3 Å². The lowest BCUT2D eigenvalue weighted by atomic mass is 9.92. The number of rotatable bonds is 26. The molecule has 2 aromatic rings. The lowest BCUT2D eigenvalue weighted by Gasteiger charge is -2.29. The van der Waals surface area contributed by atoms with E-state index < -0.39 is 47.4 Å². The number of benzene rings is 2. The van der Waals surface area contributed by atoms with E-state index in [0.29, 0.717) is 56.0 Å². The number of halogens is 1. The lowest BCUT2D eigenvalue weighted by molar-refractivity contribution is -0.179. The molecule has 0 spiro atoms. The first kappa shape index (κ1) is 59.2. The summed E-state index contributed by atoms with van der Waals surface area (Å²) in [5, 5.41) is 5.96. The molecule has 2 aliphatic rings. The fraction of sp³-hybridized carbons (Fsp3) is 0.654. The van der Waals surface area contributed by atoms with E-state index in [4.69, 9.17) is 44.8 Å². The fourth-order valence-electron chi connectivity index (χ4n) is 7.99. The van der Waals surface area contributed by atoms with Gasteiger partial charge in [-0.3, -0.25) is 19.3 Å². The van der Waals surface area contributed by atoms with Crippen molar-refractivity contribution in [1.82, 2.24) is 20.4 Å². The van der Waals surface area contributed by atoms with Crippen molar-refractivity contribution in [2.45, 2.75) is 109 Å². The summed E-state index contributed by atoms with van der Waals surface area (Å²) in [7, 11) is 9.39. The zero-order chi connectivity index (χ0) is 51.4. The Balaban J connectivity index is 1.29. The van der Waals surface area contributed by atoms with Crippen LogP contribution in [-0.2, 0) is 60.6 Å². The van der Waals surface area contributed by atoms with Crippen LogP contribution in [0.15, 0.2) is 54.6 Å². The first-order valence-corrected chi connectivity index (χ1v) is 27.2.